The molecule has 7 heterocycles. The minimum atomic E-state index is -2.46. The standard InChI is InChI=1S/C80H90Cl2N10O29/c1-32(2)19-44(86-78(113)114-31-34-11-9-8-10-12-34)69(104)90-60-62(99)36-14-17-48(42(81)21-36)116-50-23-38-24-51(66(50)120-76-67(65(102)64(101)52(30-93)118-76)119-55-28-80(7,68(103)33(3)115-55)92-54(98)29-84-77(112)121-79(4,5)6)117-49-18-15-37(22-43(49)82)63(100)61-74(109)89-59(75(110)111)41-25-39(94)26-47(96)56(41)40-20-35(13-16-46(40)95)57(71(106)91-61)88-72(107)58(38)87-70(105)45(27-53(83)97)85-73(60)108/h8-18,20-26,32-33,44-45,52,55,57-65,67-68,76,93-96,99-103H,19,27-31H2,1-7H3,(H2,83,97)(H,84,112)(H,85,108)(H,86,113)(H,87,105)(H,88,107)(H,89,109)(H,90,104)(H,91,106)(H,92,98)(H,110,111)/t33-,44-,45-,52+,55-,57?,58+,59-,60+,61-,62+,63+,64+,65-,67?,68+,76?,80-/m0/s1. The molecule has 18 atom stereocenters. The SMILES string of the molecule is CC(C)C[C@H](NC(=O)OCc1ccccc1)C(=O)N[C@H]1C(=O)N[C@@H](CC(N)=O)C(=O)N[C@H]2C(=O)NC3C(=O)N[C@H](C(=O)N[C@H](C(=O)O)c4cc(O)cc(O)c4-c4cc3ccc4O)[C@H](O)c3ccc(c(Cl)c3)Oc3cc2cc(c3OC2O[C@H](CO)[C@@H](O)[C@H](O)C2O[C@H]2C[C@](C)(NC(=O)CNC(=O)OC(C)(C)C)[C@H](O)[C@H](C)O2)Oc2ccc(cc2Cl)[C@H]1O. The topological polar surface area (TPSA) is 598 Å². The van der Waals surface area contributed by atoms with Crippen LogP contribution in [-0.2, 0) is 73.4 Å². The third-order valence-corrected chi connectivity index (χ3v) is 20.7. The first-order valence-corrected chi connectivity index (χ1v) is 38.6. The van der Waals surface area contributed by atoms with Crippen molar-refractivity contribution in [1.29, 1.82) is 0 Å². The van der Waals surface area contributed by atoms with E-state index in [0.29, 0.717) is 5.56 Å². The molecule has 121 heavy (non-hydrogen) atoms. The fourth-order valence-electron chi connectivity index (χ4n) is 14.2. The third-order valence-electron chi connectivity index (χ3n) is 20.1. The van der Waals surface area contributed by atoms with Crippen LogP contribution in [0.3, 0.4) is 0 Å². The maximum Gasteiger partial charge on any atom is 0.408 e. The normalized spacial score (nSPS) is 26.4. The van der Waals surface area contributed by atoms with E-state index in [1.807, 2.05) is 0 Å². The molecule has 7 aliphatic heterocycles. The van der Waals surface area contributed by atoms with E-state index in [1.165, 1.54) is 13.8 Å². The van der Waals surface area contributed by atoms with E-state index in [0.717, 1.165) is 78.9 Å². The second-order valence-corrected chi connectivity index (χ2v) is 31.8. The smallest absolute Gasteiger partial charge is 0.408 e. The number of halogens is 2. The Bertz CT molecular complexity index is 4980. The molecule has 13 rings (SSSR count). The van der Waals surface area contributed by atoms with Gasteiger partial charge in [-0.2, -0.15) is 0 Å². The van der Waals surface area contributed by atoms with Gasteiger partial charge in [-0.15, -0.1) is 0 Å². The first-order valence-electron chi connectivity index (χ1n) is 37.8. The van der Waals surface area contributed by atoms with Gasteiger partial charge in [0.25, 0.3) is 0 Å². The maximum atomic E-state index is 16.3. The number of nitrogens with one attached hydrogen (secondary N) is 9. The zero-order valence-electron chi connectivity index (χ0n) is 65.6. The average Bonchev–Trinajstić information content (AvgIpc) is 0.753. The second kappa shape index (κ2) is 37.4. The number of fused-ring (bicyclic) bond motifs is 15. The highest BCUT2D eigenvalue weighted by Gasteiger charge is 2.53. The summed E-state index contributed by atoms with van der Waals surface area (Å²) in [6.45, 7) is 9.00. The lowest BCUT2D eigenvalue weighted by atomic mass is 9.85. The van der Waals surface area contributed by atoms with E-state index < -0.39 is 290 Å². The molecule has 0 spiro atoms. The summed E-state index contributed by atoms with van der Waals surface area (Å²) in [5, 5.41) is 137. The molecule has 11 bridgehead atoms. The van der Waals surface area contributed by atoms with Gasteiger partial charge in [-0.25, -0.2) is 14.4 Å². The van der Waals surface area contributed by atoms with Gasteiger partial charge in [-0.05, 0) is 129 Å². The molecule has 7 aliphatic rings. The first kappa shape index (κ1) is 89.9. The molecule has 3 unspecified atom stereocenters. The minimum absolute atomic E-state index is 0.128. The monoisotopic (exact) mass is 1720 g/mol. The number of amides is 10. The summed E-state index contributed by atoms with van der Waals surface area (Å²) in [6, 6.07) is 5.95. The Kier molecular flexibility index (Phi) is 27.8. The number of ether oxygens (including phenoxy) is 8. The van der Waals surface area contributed by atoms with Gasteiger partial charge >= 0.3 is 18.2 Å². The first-order chi connectivity index (χ1) is 57.1. The Labute approximate surface area is 698 Å². The number of primary amides is 1. The summed E-state index contributed by atoms with van der Waals surface area (Å²) >= 11 is 14.3. The molecule has 0 radical (unpaired) electrons. The number of aliphatic carboxylic acids is 1. The van der Waals surface area contributed by atoms with Crippen molar-refractivity contribution in [3.63, 3.8) is 0 Å². The van der Waals surface area contributed by atoms with Gasteiger partial charge in [-0.3, -0.25) is 38.4 Å². The number of carboxylic acids is 1. The van der Waals surface area contributed by atoms with Gasteiger partial charge in [0.05, 0.1) is 34.7 Å². The lowest BCUT2D eigenvalue weighted by molar-refractivity contribution is -0.334. The lowest BCUT2D eigenvalue weighted by Crippen LogP contribution is -2.66. The Balaban J connectivity index is 1.10. The van der Waals surface area contributed by atoms with Crippen molar-refractivity contribution in [2.45, 2.75) is 189 Å². The van der Waals surface area contributed by atoms with E-state index in [-0.39, 0.29) is 30.1 Å². The van der Waals surface area contributed by atoms with Crippen LogP contribution in [0, 0.1) is 5.92 Å². The van der Waals surface area contributed by atoms with Crippen molar-refractivity contribution in [1.82, 2.24) is 47.9 Å². The predicted octanol–water partition coefficient (Wildman–Crippen LogP) is 2.50. The Morgan fingerprint density at radius 1 is 0.686 bits per heavy atom. The van der Waals surface area contributed by atoms with Crippen LogP contribution in [-0.4, -0.2) is 214 Å². The third kappa shape index (κ3) is 21.1. The van der Waals surface area contributed by atoms with Crippen molar-refractivity contribution >= 4 is 88.6 Å². The number of aliphatic hydroxyl groups excluding tert-OH is 6. The van der Waals surface area contributed by atoms with Crippen LogP contribution in [0.4, 0.5) is 9.59 Å². The summed E-state index contributed by atoms with van der Waals surface area (Å²) in [5.41, 5.74) is 0.438. The van der Waals surface area contributed by atoms with Crippen LogP contribution in [0.25, 0.3) is 11.1 Å². The van der Waals surface area contributed by atoms with Crippen molar-refractivity contribution in [3.05, 3.63) is 153 Å². The average molecular weight is 1730 g/mol. The van der Waals surface area contributed by atoms with E-state index in [1.54, 1.807) is 65.0 Å². The lowest BCUT2D eigenvalue weighted by Gasteiger charge is -2.48. The fraction of sp³-hybridized carbons (Fsp3) is 0.412. The van der Waals surface area contributed by atoms with Crippen molar-refractivity contribution < 1.29 is 142 Å². The Hall–Kier alpha value is -11.9. The van der Waals surface area contributed by atoms with Crippen LogP contribution in [0.5, 0.6) is 46.0 Å². The van der Waals surface area contributed by atoms with Crippen LogP contribution in [0.1, 0.15) is 131 Å². The Morgan fingerprint density at radius 2 is 1.31 bits per heavy atom. The number of aromatic hydroxyl groups is 3. The highest BCUT2D eigenvalue weighted by molar-refractivity contribution is 6.32. The van der Waals surface area contributed by atoms with Crippen LogP contribution < -0.4 is 67.8 Å². The van der Waals surface area contributed by atoms with Gasteiger partial charge in [0, 0.05) is 29.2 Å². The van der Waals surface area contributed by atoms with E-state index in [2.05, 4.69) is 47.9 Å². The molecule has 6 aromatic carbocycles. The summed E-state index contributed by atoms with van der Waals surface area (Å²) < 4.78 is 49.5. The predicted molar refractivity (Wildman–Crippen MR) is 418 cm³/mol. The van der Waals surface area contributed by atoms with Crippen molar-refractivity contribution in [2.75, 3.05) is 13.2 Å². The number of carbonyl (C=O) groups excluding carboxylic acids is 10. The van der Waals surface area contributed by atoms with Crippen LogP contribution >= 0.6 is 23.2 Å². The number of alkyl carbamates (subject to hydrolysis) is 2. The number of carboxylic acid groups (broad SMARTS) is 1. The summed E-state index contributed by atoms with van der Waals surface area (Å²) in [7, 11) is 0. The highest BCUT2D eigenvalue weighted by atomic mass is 35.5. The van der Waals surface area contributed by atoms with Gasteiger partial charge in [0.15, 0.2) is 29.9 Å². The molecule has 2 fully saturated rings. The summed E-state index contributed by atoms with van der Waals surface area (Å²) in [6.07, 6.45) is -23.0. The number of aliphatic hydroxyl groups is 6. The molecule has 41 heteroatoms. The minimum Gasteiger partial charge on any atom is -0.508 e. The van der Waals surface area contributed by atoms with Crippen LogP contribution in [0.2, 0.25) is 10.0 Å². The van der Waals surface area contributed by atoms with E-state index >= 15 is 19.2 Å². The molecule has 0 aliphatic carbocycles. The summed E-state index contributed by atoms with van der Waals surface area (Å²) in [4.78, 5) is 159. The molecule has 21 N–H and O–H groups in total. The van der Waals surface area contributed by atoms with E-state index in [9.17, 15) is 84.6 Å². The van der Waals surface area contributed by atoms with Gasteiger partial charge in [-0.1, -0.05) is 85.6 Å². The molecular weight excluding hydrogens is 1640 g/mol. The molecule has 2 saturated heterocycles. The van der Waals surface area contributed by atoms with Crippen molar-refractivity contribution in [2.24, 2.45) is 11.7 Å². The Morgan fingerprint density at radius 3 is 1.92 bits per heavy atom. The zero-order valence-corrected chi connectivity index (χ0v) is 67.1. The number of nitrogens with two attached hydrogens (primary N) is 1. The fourth-order valence-corrected chi connectivity index (χ4v) is 14.7. The molecule has 39 nitrogen and oxygen atoms in total. The second-order valence-electron chi connectivity index (χ2n) is 30.9. The van der Waals surface area contributed by atoms with E-state index in [4.69, 9.17) is 66.8 Å². The number of carbonyl (C=O) groups is 11. The summed E-state index contributed by atoms with van der Waals surface area (Å²) in [5.74, 6) is -18.5. The molecular formula is C80H90Cl2N10O29. The maximum absolute atomic E-state index is 16.3. The quantitative estimate of drug-likeness (QED) is 0.0588. The number of hydrogen-bond acceptors (Lipinski definition) is 28. The van der Waals surface area contributed by atoms with Crippen molar-refractivity contribution in [3.8, 4) is 57.1 Å². The molecule has 10 amide bonds. The highest BCUT2D eigenvalue weighted by Crippen LogP contribution is 2.50. The van der Waals surface area contributed by atoms with Gasteiger partial charge in [0.2, 0.25) is 59.3 Å². The van der Waals surface area contributed by atoms with Gasteiger partial charge < -0.3 is 143 Å². The molecule has 0 aromatic heterocycles. The number of phenolic OH excluding ortho intramolecular Hbond substituents is 3. The number of phenols is 3. The van der Waals surface area contributed by atoms with Crippen LogP contribution in [0.15, 0.2) is 109 Å². The molecule has 648 valence electrons. The molecule has 0 saturated carbocycles. The number of hydrogen-bond donors (Lipinski definition) is 20. The molecule has 6 aromatic rings. The number of rotatable bonds is 18. The largest absolute Gasteiger partial charge is 0.508 e. The number of benzene rings is 6. The zero-order chi connectivity index (χ0) is 88.1. The van der Waals surface area contributed by atoms with Gasteiger partial charge in [0.1, 0.15) is 120 Å².